The van der Waals surface area contributed by atoms with Gasteiger partial charge in [0.25, 0.3) is 0 Å². The summed E-state index contributed by atoms with van der Waals surface area (Å²) in [5, 5.41) is 0. The molecule has 120 valence electrons. The van der Waals surface area contributed by atoms with Crippen LogP contribution in [0.4, 0.5) is 0 Å². The molecule has 4 fully saturated rings. The fourth-order valence-electron chi connectivity index (χ4n) is 5.02. The van der Waals surface area contributed by atoms with E-state index in [1.54, 1.807) is 0 Å². The first kappa shape index (κ1) is 14.5. The summed E-state index contributed by atoms with van der Waals surface area (Å²) in [6.45, 7) is 12.4. The summed E-state index contributed by atoms with van der Waals surface area (Å²) in [5.41, 5.74) is 0. The van der Waals surface area contributed by atoms with Crippen molar-refractivity contribution in [2.24, 2.45) is 17.8 Å². The molecule has 0 spiro atoms. The fourth-order valence-corrected chi connectivity index (χ4v) is 5.02. The summed E-state index contributed by atoms with van der Waals surface area (Å²) in [7, 11) is 0. The SMILES string of the molecule is C1CC(CN2C[C@H]3CCN(CCN4CCCC4)C[C@H]3C2)C1. The number of hydrogen-bond acceptors (Lipinski definition) is 3. The summed E-state index contributed by atoms with van der Waals surface area (Å²) in [4.78, 5) is 8.25. The third kappa shape index (κ3) is 3.46. The van der Waals surface area contributed by atoms with Gasteiger partial charge in [0.2, 0.25) is 0 Å². The number of rotatable bonds is 5. The van der Waals surface area contributed by atoms with Gasteiger partial charge in [-0.05, 0) is 69.5 Å². The zero-order valence-electron chi connectivity index (χ0n) is 13.7. The molecule has 1 saturated carbocycles. The number of likely N-dealkylation sites (tertiary alicyclic amines) is 3. The third-order valence-electron chi connectivity index (χ3n) is 6.63. The molecule has 0 radical (unpaired) electrons. The van der Waals surface area contributed by atoms with Crippen molar-refractivity contribution in [2.75, 3.05) is 58.9 Å². The summed E-state index contributed by atoms with van der Waals surface area (Å²) in [5.74, 6) is 3.06. The molecule has 3 heterocycles. The van der Waals surface area contributed by atoms with Crippen LogP contribution in [0.15, 0.2) is 0 Å². The van der Waals surface area contributed by atoms with E-state index in [1.807, 2.05) is 0 Å². The lowest BCUT2D eigenvalue weighted by atomic mass is 9.85. The van der Waals surface area contributed by atoms with Crippen LogP contribution in [-0.2, 0) is 0 Å². The van der Waals surface area contributed by atoms with Gasteiger partial charge in [-0.15, -0.1) is 0 Å². The van der Waals surface area contributed by atoms with Crippen molar-refractivity contribution in [1.82, 2.24) is 14.7 Å². The zero-order valence-corrected chi connectivity index (χ0v) is 13.7. The highest BCUT2D eigenvalue weighted by Crippen LogP contribution is 2.34. The van der Waals surface area contributed by atoms with Crippen molar-refractivity contribution < 1.29 is 0 Å². The molecule has 2 atom stereocenters. The lowest BCUT2D eigenvalue weighted by Gasteiger charge is -2.35. The number of nitrogens with zero attached hydrogens (tertiary/aromatic N) is 3. The number of piperidine rings is 1. The first-order valence-corrected chi connectivity index (χ1v) is 9.54. The molecule has 4 aliphatic rings. The molecule has 4 rings (SSSR count). The lowest BCUT2D eigenvalue weighted by Crippen LogP contribution is -2.43. The van der Waals surface area contributed by atoms with Crippen LogP contribution in [0, 0.1) is 17.8 Å². The third-order valence-corrected chi connectivity index (χ3v) is 6.63. The maximum atomic E-state index is 2.81. The molecule has 0 N–H and O–H groups in total. The van der Waals surface area contributed by atoms with Gasteiger partial charge in [0.05, 0.1) is 0 Å². The maximum absolute atomic E-state index is 2.81. The van der Waals surface area contributed by atoms with Gasteiger partial charge in [-0.25, -0.2) is 0 Å². The van der Waals surface area contributed by atoms with Crippen LogP contribution < -0.4 is 0 Å². The highest BCUT2D eigenvalue weighted by Gasteiger charge is 2.37. The van der Waals surface area contributed by atoms with Crippen LogP contribution in [0.5, 0.6) is 0 Å². The van der Waals surface area contributed by atoms with Crippen molar-refractivity contribution in [3.63, 3.8) is 0 Å². The van der Waals surface area contributed by atoms with Crippen LogP contribution in [0.3, 0.4) is 0 Å². The summed E-state index contributed by atoms with van der Waals surface area (Å²) < 4.78 is 0. The molecule has 0 amide bonds. The van der Waals surface area contributed by atoms with E-state index in [2.05, 4.69) is 14.7 Å². The quantitative estimate of drug-likeness (QED) is 0.768. The molecule has 3 nitrogen and oxygen atoms in total. The normalized spacial score (nSPS) is 36.0. The molecule has 1 aliphatic carbocycles. The first-order valence-electron chi connectivity index (χ1n) is 9.54. The van der Waals surface area contributed by atoms with E-state index < -0.39 is 0 Å². The molecule has 3 heteroatoms. The second-order valence-corrected chi connectivity index (χ2v) is 8.17. The smallest absolute Gasteiger partial charge is 0.0109 e. The fraction of sp³-hybridized carbons (Fsp3) is 1.00. The Morgan fingerprint density at radius 1 is 0.619 bits per heavy atom. The Morgan fingerprint density at radius 2 is 1.33 bits per heavy atom. The minimum Gasteiger partial charge on any atom is -0.302 e. The van der Waals surface area contributed by atoms with Crippen LogP contribution in [0.25, 0.3) is 0 Å². The van der Waals surface area contributed by atoms with E-state index in [0.717, 1.165) is 17.8 Å². The molecule has 0 aromatic heterocycles. The standard InChI is InChI=1S/C18H33N3/c1-2-8-19(7-1)10-11-20-9-6-17-13-21(15-18(17)14-20)12-16-4-3-5-16/h16-18H,1-15H2/t17-,18+/m1/s1. The molecular formula is C18H33N3. The van der Waals surface area contributed by atoms with Crippen LogP contribution >= 0.6 is 0 Å². The Labute approximate surface area is 130 Å². The lowest BCUT2D eigenvalue weighted by molar-refractivity contribution is 0.134. The predicted octanol–water partition coefficient (Wildman–Crippen LogP) is 2.14. The van der Waals surface area contributed by atoms with Gasteiger partial charge in [-0.1, -0.05) is 6.42 Å². The molecule has 3 aliphatic heterocycles. The Morgan fingerprint density at radius 3 is 2.10 bits per heavy atom. The highest BCUT2D eigenvalue weighted by atomic mass is 15.2. The molecular weight excluding hydrogens is 258 g/mol. The maximum Gasteiger partial charge on any atom is 0.0109 e. The van der Waals surface area contributed by atoms with Gasteiger partial charge < -0.3 is 14.7 Å². The van der Waals surface area contributed by atoms with Crippen LogP contribution in [-0.4, -0.2) is 73.6 Å². The van der Waals surface area contributed by atoms with E-state index in [1.165, 1.54) is 97.4 Å². The van der Waals surface area contributed by atoms with Crippen molar-refractivity contribution >= 4 is 0 Å². The second-order valence-electron chi connectivity index (χ2n) is 8.17. The molecule has 0 aromatic rings. The Bertz CT molecular complexity index is 335. The van der Waals surface area contributed by atoms with Crippen LogP contribution in [0.1, 0.15) is 38.5 Å². The summed E-state index contributed by atoms with van der Waals surface area (Å²) in [6.07, 6.45) is 8.84. The van der Waals surface area contributed by atoms with E-state index in [-0.39, 0.29) is 0 Å². The minimum atomic E-state index is 0.984. The van der Waals surface area contributed by atoms with Crippen molar-refractivity contribution in [3.05, 3.63) is 0 Å². The van der Waals surface area contributed by atoms with Crippen molar-refractivity contribution in [2.45, 2.75) is 38.5 Å². The van der Waals surface area contributed by atoms with Gasteiger partial charge in [-0.2, -0.15) is 0 Å². The molecule has 0 unspecified atom stereocenters. The second kappa shape index (κ2) is 6.55. The van der Waals surface area contributed by atoms with E-state index in [9.17, 15) is 0 Å². The predicted molar refractivity (Wildman–Crippen MR) is 87.5 cm³/mol. The van der Waals surface area contributed by atoms with Gasteiger partial charge in [-0.3, -0.25) is 0 Å². The zero-order chi connectivity index (χ0) is 14.1. The summed E-state index contributed by atoms with van der Waals surface area (Å²) in [6, 6.07) is 0. The largest absolute Gasteiger partial charge is 0.302 e. The Kier molecular flexibility index (Phi) is 4.52. The van der Waals surface area contributed by atoms with Gasteiger partial charge in [0, 0.05) is 39.3 Å². The van der Waals surface area contributed by atoms with Gasteiger partial charge in [0.1, 0.15) is 0 Å². The first-order chi connectivity index (χ1) is 10.4. The Hall–Kier alpha value is -0.120. The van der Waals surface area contributed by atoms with E-state index in [4.69, 9.17) is 0 Å². The van der Waals surface area contributed by atoms with Crippen molar-refractivity contribution in [1.29, 1.82) is 0 Å². The summed E-state index contributed by atoms with van der Waals surface area (Å²) >= 11 is 0. The van der Waals surface area contributed by atoms with Crippen LogP contribution in [0.2, 0.25) is 0 Å². The van der Waals surface area contributed by atoms with Gasteiger partial charge >= 0.3 is 0 Å². The number of hydrogen-bond donors (Lipinski definition) is 0. The topological polar surface area (TPSA) is 9.72 Å². The highest BCUT2D eigenvalue weighted by molar-refractivity contribution is 4.91. The Balaban J connectivity index is 1.21. The molecule has 3 saturated heterocycles. The van der Waals surface area contributed by atoms with Gasteiger partial charge in [0.15, 0.2) is 0 Å². The molecule has 0 bridgehead atoms. The van der Waals surface area contributed by atoms with E-state index in [0.29, 0.717) is 0 Å². The monoisotopic (exact) mass is 291 g/mol. The van der Waals surface area contributed by atoms with E-state index >= 15 is 0 Å². The van der Waals surface area contributed by atoms with Crippen molar-refractivity contribution in [3.8, 4) is 0 Å². The minimum absolute atomic E-state index is 0.984. The average molecular weight is 291 g/mol. The molecule has 21 heavy (non-hydrogen) atoms. The number of fused-ring (bicyclic) bond motifs is 1. The molecule has 0 aromatic carbocycles. The average Bonchev–Trinajstić information content (AvgIpc) is 3.09.